The number of aromatic nitrogens is 2. The average molecular weight is 346 g/mol. The van der Waals surface area contributed by atoms with Gasteiger partial charge in [-0.2, -0.15) is 0 Å². The summed E-state index contributed by atoms with van der Waals surface area (Å²) in [7, 11) is 0. The van der Waals surface area contributed by atoms with E-state index in [0.29, 0.717) is 24.6 Å². The van der Waals surface area contributed by atoms with Gasteiger partial charge in [-0.15, -0.1) is 0 Å². The minimum Gasteiger partial charge on any atom is -0.366 e. The summed E-state index contributed by atoms with van der Waals surface area (Å²) in [4.78, 5) is 20.6. The normalized spacial score (nSPS) is 10.4. The summed E-state index contributed by atoms with van der Waals surface area (Å²) in [5, 5.41) is 6.12. The number of aryl methyl sites for hydroxylation is 2. The van der Waals surface area contributed by atoms with E-state index >= 15 is 0 Å². The number of amides is 1. The molecule has 0 bridgehead atoms. The quantitative estimate of drug-likeness (QED) is 0.715. The molecule has 0 aliphatic heterocycles. The summed E-state index contributed by atoms with van der Waals surface area (Å²) >= 11 is 0. The Morgan fingerprint density at radius 2 is 1.69 bits per heavy atom. The average Bonchev–Trinajstić information content (AvgIpc) is 2.66. The molecule has 0 aliphatic rings. The van der Waals surface area contributed by atoms with Crippen molar-refractivity contribution in [3.63, 3.8) is 0 Å². The van der Waals surface area contributed by atoms with Gasteiger partial charge >= 0.3 is 0 Å². The molecule has 26 heavy (non-hydrogen) atoms. The van der Waals surface area contributed by atoms with Gasteiger partial charge in [-0.3, -0.25) is 4.79 Å². The first-order valence-corrected chi connectivity index (χ1v) is 8.55. The zero-order chi connectivity index (χ0) is 18.4. The summed E-state index contributed by atoms with van der Waals surface area (Å²) in [6.45, 7) is 5.20. The largest absolute Gasteiger partial charge is 0.366 e. The van der Waals surface area contributed by atoms with E-state index in [1.807, 2.05) is 25.1 Å². The van der Waals surface area contributed by atoms with Crippen LogP contribution in [-0.2, 0) is 13.1 Å². The van der Waals surface area contributed by atoms with E-state index in [1.165, 1.54) is 17.5 Å². The molecule has 0 saturated heterocycles. The van der Waals surface area contributed by atoms with Crippen LogP contribution < -0.4 is 10.6 Å². The number of hydrogen-bond donors (Lipinski definition) is 2. The Bertz CT molecular complexity index is 891. The van der Waals surface area contributed by atoms with Crippen LogP contribution in [0.5, 0.6) is 0 Å². The van der Waals surface area contributed by atoms with E-state index in [0.717, 1.165) is 11.1 Å². The highest BCUT2D eigenvalue weighted by molar-refractivity contribution is 5.92. The Balaban J connectivity index is 1.59. The van der Waals surface area contributed by atoms with Gasteiger partial charge in [-0.1, -0.05) is 59.7 Å². The highest BCUT2D eigenvalue weighted by Gasteiger charge is 2.08. The van der Waals surface area contributed by atoms with E-state index in [1.54, 1.807) is 6.07 Å². The van der Waals surface area contributed by atoms with Gasteiger partial charge in [0.1, 0.15) is 17.8 Å². The van der Waals surface area contributed by atoms with E-state index in [9.17, 15) is 4.79 Å². The molecule has 2 N–H and O–H groups in total. The third-order valence-corrected chi connectivity index (χ3v) is 4.03. The number of hydrogen-bond acceptors (Lipinski definition) is 4. The van der Waals surface area contributed by atoms with E-state index in [2.05, 4.69) is 57.9 Å². The molecule has 132 valence electrons. The van der Waals surface area contributed by atoms with Crippen LogP contribution in [0, 0.1) is 13.8 Å². The van der Waals surface area contributed by atoms with Gasteiger partial charge in [-0.05, 0) is 25.0 Å². The van der Waals surface area contributed by atoms with Crippen molar-refractivity contribution in [1.82, 2.24) is 15.3 Å². The lowest BCUT2D eigenvalue weighted by atomic mass is 10.1. The van der Waals surface area contributed by atoms with Crippen molar-refractivity contribution in [3.8, 4) is 0 Å². The first-order chi connectivity index (χ1) is 12.6. The Hall–Kier alpha value is -3.21. The van der Waals surface area contributed by atoms with E-state index in [-0.39, 0.29) is 5.91 Å². The lowest BCUT2D eigenvalue weighted by Crippen LogP contribution is -2.24. The monoisotopic (exact) mass is 346 g/mol. The van der Waals surface area contributed by atoms with Gasteiger partial charge in [0.15, 0.2) is 0 Å². The van der Waals surface area contributed by atoms with Crippen LogP contribution >= 0.6 is 0 Å². The van der Waals surface area contributed by atoms with Crippen LogP contribution in [0.3, 0.4) is 0 Å². The van der Waals surface area contributed by atoms with Crippen molar-refractivity contribution < 1.29 is 4.79 Å². The SMILES string of the molecule is Cc1ccc(CNc2cc(C(=O)NCc3cccc(C)c3)ncn2)cc1. The highest BCUT2D eigenvalue weighted by atomic mass is 16.1. The molecule has 5 nitrogen and oxygen atoms in total. The molecule has 0 atom stereocenters. The maximum Gasteiger partial charge on any atom is 0.270 e. The number of rotatable bonds is 6. The Morgan fingerprint density at radius 3 is 2.46 bits per heavy atom. The predicted molar refractivity (Wildman–Crippen MR) is 103 cm³/mol. The Labute approximate surface area is 153 Å². The second-order valence-corrected chi connectivity index (χ2v) is 6.30. The van der Waals surface area contributed by atoms with Crippen molar-refractivity contribution in [3.05, 3.63) is 88.9 Å². The van der Waals surface area contributed by atoms with Gasteiger partial charge < -0.3 is 10.6 Å². The Kier molecular flexibility index (Phi) is 5.59. The maximum atomic E-state index is 12.3. The number of anilines is 1. The second kappa shape index (κ2) is 8.25. The third-order valence-electron chi connectivity index (χ3n) is 4.03. The fourth-order valence-electron chi connectivity index (χ4n) is 2.57. The molecule has 5 heteroatoms. The molecular formula is C21H22N4O. The van der Waals surface area contributed by atoms with Crippen molar-refractivity contribution in [1.29, 1.82) is 0 Å². The smallest absolute Gasteiger partial charge is 0.270 e. The molecule has 1 aromatic heterocycles. The van der Waals surface area contributed by atoms with Crippen molar-refractivity contribution in [2.45, 2.75) is 26.9 Å². The Morgan fingerprint density at radius 1 is 0.885 bits per heavy atom. The maximum absolute atomic E-state index is 12.3. The zero-order valence-corrected chi connectivity index (χ0v) is 15.0. The third kappa shape index (κ3) is 4.89. The van der Waals surface area contributed by atoms with Gasteiger partial charge in [0, 0.05) is 19.2 Å². The molecule has 0 spiro atoms. The van der Waals surface area contributed by atoms with Gasteiger partial charge in [-0.25, -0.2) is 9.97 Å². The number of benzene rings is 2. The number of carbonyl (C=O) groups is 1. The minimum atomic E-state index is -0.215. The fraction of sp³-hybridized carbons (Fsp3) is 0.190. The first kappa shape index (κ1) is 17.6. The molecule has 3 rings (SSSR count). The lowest BCUT2D eigenvalue weighted by Gasteiger charge is -2.08. The second-order valence-electron chi connectivity index (χ2n) is 6.30. The topological polar surface area (TPSA) is 66.9 Å². The van der Waals surface area contributed by atoms with Gasteiger partial charge in [0.2, 0.25) is 0 Å². The molecule has 2 aromatic carbocycles. The molecule has 0 aliphatic carbocycles. The van der Waals surface area contributed by atoms with Crippen LogP contribution in [0.4, 0.5) is 5.82 Å². The molecule has 0 saturated carbocycles. The van der Waals surface area contributed by atoms with Crippen molar-refractivity contribution in [2.24, 2.45) is 0 Å². The van der Waals surface area contributed by atoms with Crippen LogP contribution in [-0.4, -0.2) is 15.9 Å². The standard InChI is InChI=1S/C21H22N4O/c1-15-6-8-17(9-7-15)12-22-20-11-19(24-14-25-20)21(26)23-13-18-5-3-4-16(2)10-18/h3-11,14H,12-13H2,1-2H3,(H,23,26)(H,22,24,25). The van der Waals surface area contributed by atoms with Gasteiger partial charge in [0.25, 0.3) is 5.91 Å². The number of nitrogens with zero attached hydrogens (tertiary/aromatic N) is 2. The number of carbonyl (C=O) groups excluding carboxylic acids is 1. The van der Waals surface area contributed by atoms with Crippen LogP contribution in [0.15, 0.2) is 60.9 Å². The molecule has 1 heterocycles. The first-order valence-electron chi connectivity index (χ1n) is 8.55. The van der Waals surface area contributed by atoms with Crippen molar-refractivity contribution in [2.75, 3.05) is 5.32 Å². The zero-order valence-electron chi connectivity index (χ0n) is 15.0. The van der Waals surface area contributed by atoms with E-state index in [4.69, 9.17) is 0 Å². The summed E-state index contributed by atoms with van der Waals surface area (Å²) < 4.78 is 0. The number of nitrogens with one attached hydrogen (secondary N) is 2. The summed E-state index contributed by atoms with van der Waals surface area (Å²) in [6.07, 6.45) is 1.40. The lowest BCUT2D eigenvalue weighted by molar-refractivity contribution is 0.0946. The summed E-state index contributed by atoms with van der Waals surface area (Å²) in [6, 6.07) is 18.0. The van der Waals surface area contributed by atoms with Crippen LogP contribution in [0.25, 0.3) is 0 Å². The minimum absolute atomic E-state index is 0.215. The van der Waals surface area contributed by atoms with Crippen LogP contribution in [0.1, 0.15) is 32.7 Å². The van der Waals surface area contributed by atoms with E-state index < -0.39 is 0 Å². The van der Waals surface area contributed by atoms with Crippen LogP contribution in [0.2, 0.25) is 0 Å². The highest BCUT2D eigenvalue weighted by Crippen LogP contribution is 2.09. The van der Waals surface area contributed by atoms with Gasteiger partial charge in [0.05, 0.1) is 0 Å². The molecular weight excluding hydrogens is 324 g/mol. The molecule has 3 aromatic rings. The fourth-order valence-corrected chi connectivity index (χ4v) is 2.57. The molecule has 0 unspecified atom stereocenters. The molecule has 0 radical (unpaired) electrons. The summed E-state index contributed by atoms with van der Waals surface area (Å²) in [5.74, 6) is 0.411. The van der Waals surface area contributed by atoms with Crippen molar-refractivity contribution >= 4 is 11.7 Å². The molecule has 0 fully saturated rings. The molecule has 1 amide bonds. The predicted octanol–water partition coefficient (Wildman–Crippen LogP) is 3.64. The summed E-state index contributed by atoms with van der Waals surface area (Å²) in [5.41, 5.74) is 4.95.